The third-order valence-electron chi connectivity index (χ3n) is 7.13. The molecule has 2 aromatic rings. The van der Waals surface area contributed by atoms with Crippen LogP contribution in [0.15, 0.2) is 42.5 Å². The number of methoxy groups -OCH3 is 1. The second-order valence-electron chi connectivity index (χ2n) is 9.52. The first-order valence-corrected chi connectivity index (χ1v) is 12.1. The van der Waals surface area contributed by atoms with Crippen LogP contribution in [-0.4, -0.2) is 70.8 Å². The Hall–Kier alpha value is -2.00. The van der Waals surface area contributed by atoms with Crippen molar-refractivity contribution in [2.24, 2.45) is 0 Å². The average molecular weight is 473 g/mol. The lowest BCUT2D eigenvalue weighted by molar-refractivity contribution is -0.231. The van der Waals surface area contributed by atoms with Gasteiger partial charge in [-0.25, -0.2) is 0 Å². The van der Waals surface area contributed by atoms with E-state index in [0.717, 1.165) is 48.1 Å². The number of benzene rings is 2. The Bertz CT molecular complexity index is 929. The Balaban J connectivity index is 1.44. The van der Waals surface area contributed by atoms with Crippen LogP contribution in [0.4, 0.5) is 0 Å². The molecule has 4 rings (SSSR count). The van der Waals surface area contributed by atoms with Crippen LogP contribution in [0.1, 0.15) is 54.0 Å². The summed E-state index contributed by atoms with van der Waals surface area (Å²) in [5.74, 6) is 0.859. The zero-order valence-electron chi connectivity index (χ0n) is 19.8. The Labute approximate surface area is 200 Å². The van der Waals surface area contributed by atoms with E-state index >= 15 is 0 Å². The SMILES string of the molecule is COC1CCCC(Oc2ccc(Cc3cc([C@@H]4O[C@H](CO)[C@@H](O)C(O)[C@H]4O)ccc3C)cc2)C1. The van der Waals surface area contributed by atoms with Crippen LogP contribution >= 0.6 is 0 Å². The lowest BCUT2D eigenvalue weighted by Gasteiger charge is -2.40. The van der Waals surface area contributed by atoms with Gasteiger partial charge in [-0.15, -0.1) is 0 Å². The molecule has 4 N–H and O–H groups in total. The molecular formula is C27H36O7. The van der Waals surface area contributed by atoms with Crippen LogP contribution in [0.25, 0.3) is 0 Å². The molecule has 1 aliphatic heterocycles. The molecule has 1 saturated heterocycles. The second kappa shape index (κ2) is 11.2. The Morgan fingerprint density at radius 3 is 2.38 bits per heavy atom. The molecule has 0 spiro atoms. The fourth-order valence-electron chi connectivity index (χ4n) is 4.96. The minimum absolute atomic E-state index is 0.182. The smallest absolute Gasteiger partial charge is 0.119 e. The van der Waals surface area contributed by atoms with E-state index in [1.54, 1.807) is 7.11 Å². The van der Waals surface area contributed by atoms with E-state index in [-0.39, 0.29) is 12.2 Å². The molecule has 1 aliphatic carbocycles. The van der Waals surface area contributed by atoms with Gasteiger partial charge in [0.05, 0.1) is 12.7 Å². The molecular weight excluding hydrogens is 436 g/mol. The molecule has 34 heavy (non-hydrogen) atoms. The van der Waals surface area contributed by atoms with E-state index in [1.807, 2.05) is 37.3 Å². The van der Waals surface area contributed by atoms with E-state index in [1.165, 1.54) is 0 Å². The molecule has 0 aromatic heterocycles. The number of aliphatic hydroxyl groups excluding tert-OH is 4. The van der Waals surface area contributed by atoms with Crippen LogP contribution in [0.5, 0.6) is 5.75 Å². The number of hydrogen-bond donors (Lipinski definition) is 4. The maximum atomic E-state index is 10.5. The quantitative estimate of drug-likeness (QED) is 0.490. The molecule has 1 saturated carbocycles. The van der Waals surface area contributed by atoms with Gasteiger partial charge in [0.25, 0.3) is 0 Å². The number of rotatable bonds is 7. The van der Waals surface area contributed by atoms with Crippen molar-refractivity contribution in [3.8, 4) is 5.75 Å². The monoisotopic (exact) mass is 472 g/mol. The van der Waals surface area contributed by atoms with Gasteiger partial charge in [-0.05, 0) is 67.0 Å². The average Bonchev–Trinajstić information content (AvgIpc) is 2.85. The Morgan fingerprint density at radius 1 is 0.941 bits per heavy atom. The highest BCUT2D eigenvalue weighted by Crippen LogP contribution is 2.34. The topological polar surface area (TPSA) is 109 Å². The predicted octanol–water partition coefficient (Wildman–Crippen LogP) is 2.44. The van der Waals surface area contributed by atoms with E-state index < -0.39 is 37.1 Å². The molecule has 2 fully saturated rings. The van der Waals surface area contributed by atoms with Gasteiger partial charge in [-0.3, -0.25) is 0 Å². The first kappa shape index (κ1) is 25.1. The summed E-state index contributed by atoms with van der Waals surface area (Å²) in [6, 6.07) is 13.9. The van der Waals surface area contributed by atoms with Crippen molar-refractivity contribution in [3.05, 3.63) is 64.7 Å². The summed E-state index contributed by atoms with van der Waals surface area (Å²) < 4.78 is 17.4. The summed E-state index contributed by atoms with van der Waals surface area (Å²) in [5.41, 5.74) is 3.99. The molecule has 1 heterocycles. The molecule has 186 valence electrons. The molecule has 7 atom stereocenters. The van der Waals surface area contributed by atoms with Crippen molar-refractivity contribution in [2.75, 3.05) is 13.7 Å². The zero-order chi connectivity index (χ0) is 24.2. The standard InChI is InChI=1S/C27H36O7/c1-16-6-9-18(27-26(31)25(30)24(29)23(15-28)34-27)13-19(16)12-17-7-10-20(11-8-17)33-22-5-3-4-21(14-22)32-2/h6-11,13,21-31H,3-5,12,14-15H2,1-2H3/t21?,22?,23-,24-,25?,26-,27+/m1/s1. The summed E-state index contributed by atoms with van der Waals surface area (Å²) in [7, 11) is 1.76. The highest BCUT2D eigenvalue weighted by Gasteiger charge is 2.44. The third-order valence-corrected chi connectivity index (χ3v) is 7.13. The highest BCUT2D eigenvalue weighted by molar-refractivity contribution is 5.38. The minimum Gasteiger partial charge on any atom is -0.490 e. The normalized spacial score (nSPS) is 31.9. The molecule has 0 bridgehead atoms. The van der Waals surface area contributed by atoms with Crippen molar-refractivity contribution >= 4 is 0 Å². The van der Waals surface area contributed by atoms with Crippen molar-refractivity contribution in [2.45, 2.75) is 81.8 Å². The summed E-state index contributed by atoms with van der Waals surface area (Å²) >= 11 is 0. The van der Waals surface area contributed by atoms with Gasteiger partial charge in [0, 0.05) is 13.5 Å². The lowest BCUT2D eigenvalue weighted by atomic mass is 9.89. The third kappa shape index (κ3) is 5.62. The van der Waals surface area contributed by atoms with Crippen LogP contribution in [-0.2, 0) is 15.9 Å². The van der Waals surface area contributed by atoms with Gasteiger partial charge in [0.1, 0.15) is 42.4 Å². The number of hydrogen-bond acceptors (Lipinski definition) is 7. The van der Waals surface area contributed by atoms with Gasteiger partial charge in [-0.1, -0.05) is 30.3 Å². The summed E-state index contributed by atoms with van der Waals surface area (Å²) in [6.45, 7) is 1.58. The van der Waals surface area contributed by atoms with Crippen molar-refractivity contribution in [1.82, 2.24) is 0 Å². The molecule has 0 radical (unpaired) electrons. The number of ether oxygens (including phenoxy) is 3. The van der Waals surface area contributed by atoms with Gasteiger partial charge >= 0.3 is 0 Å². The largest absolute Gasteiger partial charge is 0.490 e. The van der Waals surface area contributed by atoms with E-state index in [9.17, 15) is 20.4 Å². The molecule has 7 nitrogen and oxygen atoms in total. The maximum absolute atomic E-state index is 10.5. The van der Waals surface area contributed by atoms with Crippen LogP contribution in [0, 0.1) is 6.92 Å². The zero-order valence-corrected chi connectivity index (χ0v) is 19.8. The van der Waals surface area contributed by atoms with Gasteiger partial charge in [0.2, 0.25) is 0 Å². The molecule has 2 aliphatic rings. The van der Waals surface area contributed by atoms with E-state index in [4.69, 9.17) is 14.2 Å². The molecule has 7 heteroatoms. The van der Waals surface area contributed by atoms with Crippen LogP contribution in [0.2, 0.25) is 0 Å². The van der Waals surface area contributed by atoms with Crippen LogP contribution in [0.3, 0.4) is 0 Å². The van der Waals surface area contributed by atoms with Crippen LogP contribution < -0.4 is 4.74 Å². The van der Waals surface area contributed by atoms with Crippen molar-refractivity contribution in [1.29, 1.82) is 0 Å². The van der Waals surface area contributed by atoms with E-state index in [2.05, 4.69) is 12.1 Å². The fraction of sp³-hybridized carbons (Fsp3) is 0.556. The van der Waals surface area contributed by atoms with Crippen molar-refractivity contribution in [3.63, 3.8) is 0 Å². The van der Waals surface area contributed by atoms with Gasteiger partial charge < -0.3 is 34.6 Å². The highest BCUT2D eigenvalue weighted by atomic mass is 16.5. The Morgan fingerprint density at radius 2 is 1.68 bits per heavy atom. The lowest BCUT2D eigenvalue weighted by Crippen LogP contribution is -2.55. The summed E-state index contributed by atoms with van der Waals surface area (Å²) in [4.78, 5) is 0. The number of aliphatic hydroxyl groups is 4. The van der Waals surface area contributed by atoms with Crippen molar-refractivity contribution < 1.29 is 34.6 Å². The summed E-state index contributed by atoms with van der Waals surface area (Å²) in [5, 5.41) is 40.2. The van der Waals surface area contributed by atoms with E-state index in [0.29, 0.717) is 12.0 Å². The molecule has 0 amide bonds. The fourth-order valence-corrected chi connectivity index (χ4v) is 4.96. The Kier molecular flexibility index (Phi) is 8.24. The second-order valence-corrected chi connectivity index (χ2v) is 9.52. The molecule has 3 unspecified atom stereocenters. The first-order chi connectivity index (χ1) is 16.4. The van der Waals surface area contributed by atoms with Gasteiger partial charge in [0.15, 0.2) is 0 Å². The predicted molar refractivity (Wildman–Crippen MR) is 127 cm³/mol. The minimum atomic E-state index is -1.39. The maximum Gasteiger partial charge on any atom is 0.119 e. The van der Waals surface area contributed by atoms with Gasteiger partial charge in [-0.2, -0.15) is 0 Å². The first-order valence-electron chi connectivity index (χ1n) is 12.1. The number of aryl methyl sites for hydroxylation is 1. The summed E-state index contributed by atoms with van der Waals surface area (Å²) in [6.07, 6.45) is -0.488. The molecule has 2 aromatic carbocycles.